The number of carbonyl (C=O) groups is 3. The van der Waals surface area contributed by atoms with Gasteiger partial charge in [-0.1, -0.05) is 42.8 Å². The van der Waals surface area contributed by atoms with Gasteiger partial charge in [-0.05, 0) is 68.9 Å². The minimum absolute atomic E-state index is 0.0160. The Morgan fingerprint density at radius 2 is 1.65 bits per heavy atom. The van der Waals surface area contributed by atoms with E-state index < -0.39 is 34.0 Å². The van der Waals surface area contributed by atoms with Crippen molar-refractivity contribution in [2.24, 2.45) is 0 Å². The molecule has 0 spiro atoms. The lowest BCUT2D eigenvalue weighted by Crippen LogP contribution is -2.51. The van der Waals surface area contributed by atoms with Gasteiger partial charge in [0.25, 0.3) is 0 Å². The molecule has 3 aromatic rings. The number of unbranched alkanes of at least 4 members (excludes halogenated alkanes) is 2. The van der Waals surface area contributed by atoms with Crippen LogP contribution in [0.5, 0.6) is 0 Å². The molecule has 12 heteroatoms. The number of benzene rings is 3. The summed E-state index contributed by atoms with van der Waals surface area (Å²) in [7, 11) is -0.314. The minimum Gasteiger partial charge on any atom is -0.480 e. The van der Waals surface area contributed by atoms with Gasteiger partial charge >= 0.3 is 5.97 Å². The fourth-order valence-electron chi connectivity index (χ4n) is 5.80. The Labute approximate surface area is 270 Å². The summed E-state index contributed by atoms with van der Waals surface area (Å²) in [6.07, 6.45) is 4.33. The average molecular weight is 650 g/mol. The summed E-state index contributed by atoms with van der Waals surface area (Å²) in [6, 6.07) is 15.0. The molecule has 1 saturated heterocycles. The van der Waals surface area contributed by atoms with Crippen molar-refractivity contribution in [1.82, 2.24) is 9.62 Å². The van der Waals surface area contributed by atoms with E-state index >= 15 is 0 Å². The number of sulfonamides is 1. The predicted octanol–water partition coefficient (Wildman–Crippen LogP) is 4.80. The van der Waals surface area contributed by atoms with E-state index in [-0.39, 0.29) is 30.2 Å². The van der Waals surface area contributed by atoms with Gasteiger partial charge < -0.3 is 26.0 Å². The second kappa shape index (κ2) is 15.3. The largest absolute Gasteiger partial charge is 0.480 e. The topological polar surface area (TPSA) is 160 Å². The molecule has 0 aliphatic carbocycles. The third-order valence-corrected chi connectivity index (χ3v) is 10.1. The lowest BCUT2D eigenvalue weighted by Gasteiger charge is -2.26. The zero-order chi connectivity index (χ0) is 33.4. The Morgan fingerprint density at radius 1 is 0.978 bits per heavy atom. The van der Waals surface area contributed by atoms with Gasteiger partial charge in [0.05, 0.1) is 4.90 Å². The van der Waals surface area contributed by atoms with Gasteiger partial charge in [0.1, 0.15) is 12.1 Å². The number of aliphatic carboxylic acids is 1. The number of amides is 2. The van der Waals surface area contributed by atoms with Gasteiger partial charge in [0.2, 0.25) is 21.8 Å². The van der Waals surface area contributed by atoms with Crippen molar-refractivity contribution >= 4 is 55.7 Å². The van der Waals surface area contributed by atoms with E-state index in [9.17, 15) is 27.9 Å². The molecule has 46 heavy (non-hydrogen) atoms. The molecule has 1 fully saturated rings. The summed E-state index contributed by atoms with van der Waals surface area (Å²) in [5.41, 5.74) is 2.72. The maximum Gasteiger partial charge on any atom is 0.326 e. The molecule has 4 rings (SSSR count). The first-order chi connectivity index (χ1) is 21.9. The number of carbonyl (C=O) groups excluding carboxylic acids is 2. The first-order valence-corrected chi connectivity index (χ1v) is 17.0. The van der Waals surface area contributed by atoms with Gasteiger partial charge in [-0.25, -0.2) is 13.2 Å². The second-order valence-electron chi connectivity index (χ2n) is 12.0. The molecular formula is C34H43N5O6S. The fraction of sp³-hybridized carbons (Fsp3) is 0.412. The molecule has 246 valence electrons. The van der Waals surface area contributed by atoms with Crippen molar-refractivity contribution in [3.05, 3.63) is 66.2 Å². The van der Waals surface area contributed by atoms with E-state index in [1.54, 1.807) is 49.4 Å². The smallest absolute Gasteiger partial charge is 0.326 e. The van der Waals surface area contributed by atoms with Crippen LogP contribution in [0.1, 0.15) is 57.4 Å². The van der Waals surface area contributed by atoms with Gasteiger partial charge in [0, 0.05) is 61.3 Å². The summed E-state index contributed by atoms with van der Waals surface area (Å²) in [4.78, 5) is 39.9. The number of carboxylic acids is 1. The Morgan fingerprint density at radius 3 is 2.33 bits per heavy atom. The monoisotopic (exact) mass is 649 g/mol. The van der Waals surface area contributed by atoms with E-state index in [2.05, 4.69) is 10.6 Å². The van der Waals surface area contributed by atoms with Crippen molar-refractivity contribution in [1.29, 1.82) is 5.41 Å². The molecule has 1 aliphatic rings. The number of nitrogens with zero attached hydrogens (tertiary/aromatic N) is 2. The fourth-order valence-corrected chi connectivity index (χ4v) is 7.66. The number of carboxylic acid groups (broad SMARTS) is 1. The van der Waals surface area contributed by atoms with E-state index in [1.807, 2.05) is 31.1 Å². The Balaban J connectivity index is 1.40. The maximum absolute atomic E-state index is 14.0. The number of hydrogen-bond acceptors (Lipinski definition) is 7. The molecule has 11 nitrogen and oxygen atoms in total. The van der Waals surface area contributed by atoms with Gasteiger partial charge in [0.15, 0.2) is 0 Å². The average Bonchev–Trinajstić information content (AvgIpc) is 3.52. The summed E-state index contributed by atoms with van der Waals surface area (Å²) in [5, 5.41) is 24.1. The van der Waals surface area contributed by atoms with Crippen LogP contribution in [0, 0.1) is 5.41 Å². The lowest BCUT2D eigenvalue weighted by molar-refractivity contribution is -0.142. The zero-order valence-corrected chi connectivity index (χ0v) is 27.4. The molecule has 2 amide bonds. The van der Waals surface area contributed by atoms with Gasteiger partial charge in [-0.2, -0.15) is 4.31 Å². The first-order valence-electron chi connectivity index (χ1n) is 15.6. The van der Waals surface area contributed by atoms with Crippen LogP contribution in [0.2, 0.25) is 0 Å². The lowest BCUT2D eigenvalue weighted by atomic mass is 10.0. The van der Waals surface area contributed by atoms with Gasteiger partial charge in [-0.3, -0.25) is 9.59 Å². The molecule has 0 saturated carbocycles. The molecule has 3 aromatic carbocycles. The summed E-state index contributed by atoms with van der Waals surface area (Å²) >= 11 is 0. The summed E-state index contributed by atoms with van der Waals surface area (Å²) < 4.78 is 29.1. The molecule has 2 unspecified atom stereocenters. The first kappa shape index (κ1) is 34.6. The molecule has 0 radical (unpaired) electrons. The van der Waals surface area contributed by atoms with Crippen LogP contribution in [0.25, 0.3) is 10.8 Å². The highest BCUT2D eigenvalue weighted by Gasteiger charge is 2.41. The van der Waals surface area contributed by atoms with Crippen LogP contribution in [0.4, 0.5) is 11.4 Å². The normalized spacial score (nSPS) is 15.8. The second-order valence-corrected chi connectivity index (χ2v) is 13.8. The molecule has 4 N–H and O–H groups in total. The van der Waals surface area contributed by atoms with Crippen LogP contribution in [-0.4, -0.2) is 74.0 Å². The number of rotatable bonds is 15. The van der Waals surface area contributed by atoms with Crippen molar-refractivity contribution in [2.45, 2.75) is 75.3 Å². The quantitative estimate of drug-likeness (QED) is 0.136. The summed E-state index contributed by atoms with van der Waals surface area (Å²) in [5.74, 6) is -2.00. The standard InChI is InChI=1S/C34H43N5O6S/c1-23(35)10-5-4-6-16-32(40)36-25-19-17-24(18-20-25)22-28(34(42)43)37-33(41)30-14-9-21-39(30)46(44,45)31-15-8-11-26-27(31)12-7-13-29(26)38(2)3/h7-8,11-13,15,17-20,28,30,35H,4-6,9-10,14,16,21-22H2,1-3H3,(H,36,40)(H,37,41)(H,42,43). The highest BCUT2D eigenvalue weighted by Crippen LogP contribution is 2.34. The Bertz CT molecular complexity index is 1690. The predicted molar refractivity (Wildman–Crippen MR) is 180 cm³/mol. The highest BCUT2D eigenvalue weighted by atomic mass is 32.2. The SMILES string of the molecule is CC(=N)CCCCCC(=O)Nc1ccc(CC(NC(=O)C2CCCN2S(=O)(=O)c2cccc3c(N(C)C)cccc23)C(=O)O)cc1. The molecule has 1 aliphatic heterocycles. The van der Waals surface area contributed by atoms with Crippen LogP contribution < -0.4 is 15.5 Å². The van der Waals surface area contributed by atoms with E-state index in [1.165, 1.54) is 10.4 Å². The van der Waals surface area contributed by atoms with E-state index in [0.29, 0.717) is 35.2 Å². The zero-order valence-electron chi connectivity index (χ0n) is 26.6. The third-order valence-electron chi connectivity index (χ3n) is 8.18. The van der Waals surface area contributed by atoms with Crippen LogP contribution >= 0.6 is 0 Å². The molecule has 0 aromatic heterocycles. The highest BCUT2D eigenvalue weighted by molar-refractivity contribution is 7.89. The third kappa shape index (κ3) is 8.49. The van der Waals surface area contributed by atoms with E-state index in [4.69, 9.17) is 5.41 Å². The van der Waals surface area contributed by atoms with Crippen molar-refractivity contribution in [3.8, 4) is 0 Å². The molecule has 2 atom stereocenters. The number of hydrogen-bond donors (Lipinski definition) is 4. The Kier molecular flexibility index (Phi) is 11.5. The van der Waals surface area contributed by atoms with E-state index in [0.717, 1.165) is 36.8 Å². The van der Waals surface area contributed by atoms with Crippen molar-refractivity contribution in [2.75, 3.05) is 30.9 Å². The Hall–Kier alpha value is -4.29. The number of fused-ring (bicyclic) bond motifs is 1. The van der Waals surface area contributed by atoms with Crippen molar-refractivity contribution in [3.63, 3.8) is 0 Å². The number of anilines is 2. The molecule has 0 bridgehead atoms. The maximum atomic E-state index is 14.0. The van der Waals surface area contributed by atoms with Crippen LogP contribution in [-0.2, 0) is 30.8 Å². The van der Waals surface area contributed by atoms with Crippen LogP contribution in [0.3, 0.4) is 0 Å². The molecule has 1 heterocycles. The van der Waals surface area contributed by atoms with Crippen LogP contribution in [0.15, 0.2) is 65.6 Å². The van der Waals surface area contributed by atoms with Gasteiger partial charge in [-0.15, -0.1) is 0 Å². The van der Waals surface area contributed by atoms with Crippen molar-refractivity contribution < 1.29 is 27.9 Å². The minimum atomic E-state index is -4.08. The summed E-state index contributed by atoms with van der Waals surface area (Å²) in [6.45, 7) is 1.92. The molecular weight excluding hydrogens is 606 g/mol. The number of nitrogens with one attached hydrogen (secondary N) is 3.